The lowest BCUT2D eigenvalue weighted by Crippen LogP contribution is -2.39. The molecule has 2 N–H and O–H groups in total. The second kappa shape index (κ2) is 5.12. The predicted molar refractivity (Wildman–Crippen MR) is 80.5 cm³/mol. The van der Waals surface area contributed by atoms with Crippen molar-refractivity contribution in [2.75, 3.05) is 6.54 Å². The van der Waals surface area contributed by atoms with Gasteiger partial charge < -0.3 is 10.6 Å². The molecule has 108 valence electrons. The van der Waals surface area contributed by atoms with Gasteiger partial charge in [0.25, 0.3) is 0 Å². The van der Waals surface area contributed by atoms with Gasteiger partial charge in [0.05, 0.1) is 0 Å². The molecule has 2 aliphatic rings. The molecule has 4 atom stereocenters. The van der Waals surface area contributed by atoms with Crippen LogP contribution in [0.1, 0.15) is 43.2 Å². The Hall–Kier alpha value is -1.51. The van der Waals surface area contributed by atoms with E-state index < -0.39 is 0 Å². The molecule has 0 spiro atoms. The molecule has 1 heterocycles. The minimum Gasteiger partial charge on any atom is -0.351 e. The lowest BCUT2D eigenvalue weighted by atomic mass is 9.69. The first kappa shape index (κ1) is 13.5. The number of hydrogen-bond donors (Lipinski definition) is 1. The van der Waals surface area contributed by atoms with Gasteiger partial charge in [-0.25, -0.2) is 4.79 Å². The Kier molecular flexibility index (Phi) is 3.45. The van der Waals surface area contributed by atoms with E-state index in [0.29, 0.717) is 23.8 Å². The van der Waals surface area contributed by atoms with E-state index in [1.165, 1.54) is 30.4 Å². The molecule has 3 rings (SSSR count). The van der Waals surface area contributed by atoms with E-state index in [1.54, 1.807) is 0 Å². The van der Waals surface area contributed by atoms with Crippen molar-refractivity contribution in [3.63, 3.8) is 0 Å². The van der Waals surface area contributed by atoms with E-state index in [9.17, 15) is 4.79 Å². The molecule has 1 aromatic rings. The van der Waals surface area contributed by atoms with Gasteiger partial charge in [0.15, 0.2) is 0 Å². The number of primary amides is 1. The summed E-state index contributed by atoms with van der Waals surface area (Å²) >= 11 is 0. The van der Waals surface area contributed by atoms with Crippen molar-refractivity contribution < 1.29 is 4.79 Å². The maximum atomic E-state index is 11.6. The molecular formula is C17H24N2O. The number of nitrogens with two attached hydrogens (primary N) is 1. The molecule has 2 amide bonds. The fourth-order valence-corrected chi connectivity index (χ4v) is 4.47. The summed E-state index contributed by atoms with van der Waals surface area (Å²) in [7, 11) is 0. The lowest BCUT2D eigenvalue weighted by molar-refractivity contribution is 0.196. The van der Waals surface area contributed by atoms with Crippen molar-refractivity contribution in [2.45, 2.75) is 45.1 Å². The third-order valence-corrected chi connectivity index (χ3v) is 5.51. The van der Waals surface area contributed by atoms with Crippen LogP contribution in [0.4, 0.5) is 4.79 Å². The van der Waals surface area contributed by atoms with Crippen LogP contribution in [0.5, 0.6) is 0 Å². The average Bonchev–Trinajstić information content (AvgIpc) is 2.77. The highest BCUT2D eigenvalue weighted by atomic mass is 16.2. The van der Waals surface area contributed by atoms with Gasteiger partial charge in [-0.2, -0.15) is 0 Å². The molecule has 4 unspecified atom stereocenters. The molecule has 1 aromatic carbocycles. The number of fused-ring (bicyclic) bond motifs is 1. The zero-order chi connectivity index (χ0) is 14.3. The minimum atomic E-state index is -0.254. The maximum Gasteiger partial charge on any atom is 0.315 e. The summed E-state index contributed by atoms with van der Waals surface area (Å²) in [4.78, 5) is 13.5. The molecule has 0 aromatic heterocycles. The van der Waals surface area contributed by atoms with Crippen LogP contribution in [0.3, 0.4) is 0 Å². The highest BCUT2D eigenvalue weighted by molar-refractivity contribution is 5.72. The summed E-state index contributed by atoms with van der Waals surface area (Å²) < 4.78 is 0. The Morgan fingerprint density at radius 1 is 1.25 bits per heavy atom. The molecule has 1 saturated carbocycles. The van der Waals surface area contributed by atoms with Crippen LogP contribution in [0.2, 0.25) is 0 Å². The Bertz CT molecular complexity index is 513. The van der Waals surface area contributed by atoms with Gasteiger partial charge in [0.1, 0.15) is 0 Å². The minimum absolute atomic E-state index is 0.254. The number of amides is 2. The summed E-state index contributed by atoms with van der Waals surface area (Å²) in [6, 6.07) is 8.74. The second-order valence-corrected chi connectivity index (χ2v) is 6.45. The van der Waals surface area contributed by atoms with Crippen LogP contribution in [0.15, 0.2) is 24.3 Å². The third-order valence-electron chi connectivity index (χ3n) is 5.51. The number of carbonyl (C=O) groups is 1. The van der Waals surface area contributed by atoms with Gasteiger partial charge >= 0.3 is 6.03 Å². The number of carbonyl (C=O) groups excluding carboxylic acids is 1. The zero-order valence-corrected chi connectivity index (χ0v) is 12.4. The van der Waals surface area contributed by atoms with Crippen LogP contribution in [0.25, 0.3) is 0 Å². The van der Waals surface area contributed by atoms with E-state index >= 15 is 0 Å². The van der Waals surface area contributed by atoms with E-state index in [4.69, 9.17) is 5.73 Å². The Balaban J connectivity index is 1.91. The lowest BCUT2D eigenvalue weighted by Gasteiger charge is -2.35. The van der Waals surface area contributed by atoms with Crippen LogP contribution < -0.4 is 5.73 Å². The summed E-state index contributed by atoms with van der Waals surface area (Å²) in [6.45, 7) is 5.19. The molecule has 0 bridgehead atoms. The number of rotatable bonds is 1. The summed E-state index contributed by atoms with van der Waals surface area (Å²) in [6.07, 6.45) is 3.74. The maximum absolute atomic E-state index is 11.6. The van der Waals surface area contributed by atoms with Crippen LogP contribution in [-0.2, 0) is 0 Å². The summed E-state index contributed by atoms with van der Waals surface area (Å²) in [5.74, 6) is 1.77. The normalized spacial score (nSPS) is 33.0. The number of urea groups is 1. The number of nitrogens with zero attached hydrogens (tertiary/aromatic N) is 1. The third kappa shape index (κ3) is 2.09. The van der Waals surface area contributed by atoms with E-state index in [-0.39, 0.29) is 6.03 Å². The van der Waals surface area contributed by atoms with Crippen molar-refractivity contribution in [2.24, 2.45) is 17.6 Å². The van der Waals surface area contributed by atoms with Crippen LogP contribution in [-0.4, -0.2) is 23.5 Å². The Labute approximate surface area is 121 Å². The number of benzene rings is 1. The van der Waals surface area contributed by atoms with Gasteiger partial charge in [-0.1, -0.05) is 30.7 Å². The molecule has 2 fully saturated rings. The van der Waals surface area contributed by atoms with Crippen molar-refractivity contribution in [3.8, 4) is 0 Å². The van der Waals surface area contributed by atoms with Crippen LogP contribution in [0, 0.1) is 18.8 Å². The number of aryl methyl sites for hydroxylation is 1. The zero-order valence-electron chi connectivity index (χ0n) is 12.4. The number of hydrogen-bond acceptors (Lipinski definition) is 1. The molecule has 20 heavy (non-hydrogen) atoms. The molecule has 0 radical (unpaired) electrons. The molecule has 1 saturated heterocycles. The van der Waals surface area contributed by atoms with Crippen molar-refractivity contribution in [1.29, 1.82) is 0 Å². The second-order valence-electron chi connectivity index (χ2n) is 6.45. The summed E-state index contributed by atoms with van der Waals surface area (Å²) in [5, 5.41) is 0. The highest BCUT2D eigenvalue weighted by Gasteiger charge is 2.46. The van der Waals surface area contributed by atoms with Crippen LogP contribution >= 0.6 is 0 Å². The van der Waals surface area contributed by atoms with Gasteiger partial charge in [0.2, 0.25) is 0 Å². The van der Waals surface area contributed by atoms with Gasteiger partial charge in [-0.15, -0.1) is 0 Å². The molecular weight excluding hydrogens is 248 g/mol. The first-order valence-corrected chi connectivity index (χ1v) is 7.71. The van der Waals surface area contributed by atoms with Crippen molar-refractivity contribution in [1.82, 2.24) is 4.90 Å². The SMILES string of the molecule is Cc1ccccc1C1CCCC2C1CN(C(N)=O)C2C. The van der Waals surface area contributed by atoms with Crippen molar-refractivity contribution in [3.05, 3.63) is 35.4 Å². The average molecular weight is 272 g/mol. The Morgan fingerprint density at radius 2 is 2.00 bits per heavy atom. The Morgan fingerprint density at radius 3 is 2.70 bits per heavy atom. The topological polar surface area (TPSA) is 46.3 Å². The first-order valence-electron chi connectivity index (χ1n) is 7.71. The van der Waals surface area contributed by atoms with Crippen molar-refractivity contribution >= 4 is 6.03 Å². The van der Waals surface area contributed by atoms with Gasteiger partial charge in [-0.05, 0) is 55.6 Å². The fraction of sp³-hybridized carbons (Fsp3) is 0.588. The van der Waals surface area contributed by atoms with Gasteiger partial charge in [-0.3, -0.25) is 0 Å². The molecule has 1 aliphatic heterocycles. The molecule has 3 heteroatoms. The largest absolute Gasteiger partial charge is 0.351 e. The predicted octanol–water partition coefficient (Wildman–Crippen LogP) is 3.28. The molecule has 3 nitrogen and oxygen atoms in total. The molecule has 1 aliphatic carbocycles. The smallest absolute Gasteiger partial charge is 0.315 e. The number of likely N-dealkylation sites (tertiary alicyclic amines) is 1. The quantitative estimate of drug-likeness (QED) is 0.838. The first-order chi connectivity index (χ1) is 9.59. The monoisotopic (exact) mass is 272 g/mol. The standard InChI is InChI=1S/C17H24N2O/c1-11-6-3-4-7-13(11)15-9-5-8-14-12(2)19(17(18)20)10-16(14)15/h3-4,6-7,12,14-16H,5,8-10H2,1-2H3,(H2,18,20). The van der Waals surface area contributed by atoms with E-state index in [2.05, 4.69) is 38.1 Å². The van der Waals surface area contributed by atoms with E-state index in [0.717, 1.165) is 6.54 Å². The fourth-order valence-electron chi connectivity index (χ4n) is 4.47. The highest BCUT2D eigenvalue weighted by Crippen LogP contribution is 2.48. The summed E-state index contributed by atoms with van der Waals surface area (Å²) in [5.41, 5.74) is 8.39. The van der Waals surface area contributed by atoms with Gasteiger partial charge in [0, 0.05) is 12.6 Å². The van der Waals surface area contributed by atoms with E-state index in [1.807, 2.05) is 4.90 Å².